The van der Waals surface area contributed by atoms with Gasteiger partial charge in [-0.1, -0.05) is 18.2 Å². The molecule has 0 saturated carbocycles. The number of thiophene rings is 1. The Morgan fingerprint density at radius 3 is 2.35 bits per heavy atom. The maximum absolute atomic E-state index is 13.0. The lowest BCUT2D eigenvalue weighted by atomic mass is 10.2. The van der Waals surface area contributed by atoms with Crippen LogP contribution in [0, 0.1) is 5.82 Å². The third-order valence-corrected chi connectivity index (χ3v) is 4.00. The highest BCUT2D eigenvalue weighted by Crippen LogP contribution is 2.14. The van der Waals surface area contributed by atoms with E-state index in [9.17, 15) is 4.39 Å². The lowest BCUT2D eigenvalue weighted by Gasteiger charge is -2.23. The molecule has 4 heteroatoms. The molecule has 2 nitrogen and oxygen atoms in total. The normalized spacial score (nSPS) is 11.4. The van der Waals surface area contributed by atoms with Crippen molar-refractivity contribution < 1.29 is 4.39 Å². The van der Waals surface area contributed by atoms with Crippen LogP contribution in [0.3, 0.4) is 0 Å². The SMILES string of the molecule is CN(C)CCN(Cc1ccc(F)cc1)Cc1cccs1. The number of halogens is 1. The highest BCUT2D eigenvalue weighted by Gasteiger charge is 2.08. The highest BCUT2D eigenvalue weighted by molar-refractivity contribution is 7.09. The van der Waals surface area contributed by atoms with Crippen molar-refractivity contribution in [3.8, 4) is 0 Å². The van der Waals surface area contributed by atoms with Gasteiger partial charge in [-0.25, -0.2) is 4.39 Å². The number of hydrogen-bond acceptors (Lipinski definition) is 3. The number of likely N-dealkylation sites (N-methyl/N-ethyl adjacent to an activating group) is 1. The number of rotatable bonds is 7. The van der Waals surface area contributed by atoms with Crippen molar-refractivity contribution in [2.75, 3.05) is 27.2 Å². The molecule has 0 aliphatic carbocycles. The molecule has 0 fully saturated rings. The fraction of sp³-hybridized carbons (Fsp3) is 0.375. The fourth-order valence-electron chi connectivity index (χ4n) is 2.03. The molecule has 2 aromatic rings. The Morgan fingerprint density at radius 2 is 1.75 bits per heavy atom. The molecule has 0 N–H and O–H groups in total. The van der Waals surface area contributed by atoms with Gasteiger partial charge in [-0.2, -0.15) is 0 Å². The van der Waals surface area contributed by atoms with Crippen molar-refractivity contribution in [1.82, 2.24) is 9.80 Å². The minimum atomic E-state index is -0.174. The molecule has 1 aromatic heterocycles. The van der Waals surface area contributed by atoms with Crippen molar-refractivity contribution in [1.29, 1.82) is 0 Å². The third kappa shape index (κ3) is 5.04. The number of nitrogens with zero attached hydrogens (tertiary/aromatic N) is 2. The number of hydrogen-bond donors (Lipinski definition) is 0. The highest BCUT2D eigenvalue weighted by atomic mass is 32.1. The quantitative estimate of drug-likeness (QED) is 0.771. The first kappa shape index (κ1) is 15.2. The van der Waals surface area contributed by atoms with Crippen molar-refractivity contribution in [3.63, 3.8) is 0 Å². The van der Waals surface area contributed by atoms with Crippen LogP contribution < -0.4 is 0 Å². The Labute approximate surface area is 124 Å². The summed E-state index contributed by atoms with van der Waals surface area (Å²) in [6.45, 7) is 3.82. The van der Waals surface area contributed by atoms with Gasteiger partial charge < -0.3 is 4.90 Å². The van der Waals surface area contributed by atoms with E-state index >= 15 is 0 Å². The molecular weight excluding hydrogens is 271 g/mol. The zero-order valence-electron chi connectivity index (χ0n) is 12.1. The molecule has 0 unspecified atom stereocenters. The third-order valence-electron chi connectivity index (χ3n) is 3.14. The topological polar surface area (TPSA) is 6.48 Å². The maximum Gasteiger partial charge on any atom is 0.123 e. The van der Waals surface area contributed by atoms with Crippen molar-refractivity contribution in [2.45, 2.75) is 13.1 Å². The minimum Gasteiger partial charge on any atom is -0.308 e. The van der Waals surface area contributed by atoms with Gasteiger partial charge in [0.2, 0.25) is 0 Å². The lowest BCUT2D eigenvalue weighted by Crippen LogP contribution is -2.30. The van der Waals surface area contributed by atoms with Gasteiger partial charge in [0, 0.05) is 31.1 Å². The van der Waals surface area contributed by atoms with Crippen LogP contribution in [0.15, 0.2) is 41.8 Å². The van der Waals surface area contributed by atoms with E-state index in [1.807, 2.05) is 12.1 Å². The first-order valence-corrected chi connectivity index (χ1v) is 7.65. The molecule has 0 bridgehead atoms. The first-order chi connectivity index (χ1) is 9.63. The molecule has 2 rings (SSSR count). The largest absolute Gasteiger partial charge is 0.308 e. The zero-order chi connectivity index (χ0) is 14.4. The van der Waals surface area contributed by atoms with Crippen LogP contribution in [-0.4, -0.2) is 37.0 Å². The molecule has 0 atom stereocenters. The summed E-state index contributed by atoms with van der Waals surface area (Å²) < 4.78 is 13.0. The second kappa shape index (κ2) is 7.53. The van der Waals surface area contributed by atoms with Gasteiger partial charge in [0.05, 0.1) is 0 Å². The van der Waals surface area contributed by atoms with Crippen LogP contribution in [0.2, 0.25) is 0 Å². The van der Waals surface area contributed by atoms with Gasteiger partial charge in [0.25, 0.3) is 0 Å². The Kier molecular flexibility index (Phi) is 5.71. The summed E-state index contributed by atoms with van der Waals surface area (Å²) in [7, 11) is 4.17. The van der Waals surface area contributed by atoms with E-state index in [2.05, 4.69) is 41.4 Å². The van der Waals surface area contributed by atoms with E-state index in [0.29, 0.717) is 0 Å². The van der Waals surface area contributed by atoms with E-state index in [-0.39, 0.29) is 5.82 Å². The lowest BCUT2D eigenvalue weighted by molar-refractivity contribution is 0.228. The van der Waals surface area contributed by atoms with Crippen molar-refractivity contribution in [3.05, 3.63) is 58.0 Å². The molecule has 108 valence electrons. The standard InChI is InChI=1S/C16H21FN2S/c1-18(2)9-10-19(13-16-4-3-11-20-16)12-14-5-7-15(17)8-6-14/h3-8,11H,9-10,12-13H2,1-2H3. The Morgan fingerprint density at radius 1 is 1.00 bits per heavy atom. The molecule has 0 aliphatic heterocycles. The average Bonchev–Trinajstić information content (AvgIpc) is 2.91. The maximum atomic E-state index is 13.0. The molecule has 1 heterocycles. The van der Waals surface area contributed by atoms with Crippen LogP contribution in [0.5, 0.6) is 0 Å². The monoisotopic (exact) mass is 292 g/mol. The van der Waals surface area contributed by atoms with Crippen LogP contribution >= 0.6 is 11.3 Å². The summed E-state index contributed by atoms with van der Waals surface area (Å²) in [5, 5.41) is 2.11. The van der Waals surface area contributed by atoms with E-state index in [1.54, 1.807) is 11.3 Å². The van der Waals surface area contributed by atoms with E-state index < -0.39 is 0 Å². The summed E-state index contributed by atoms with van der Waals surface area (Å²) in [5.41, 5.74) is 1.15. The Hall–Kier alpha value is -1.23. The molecular formula is C16H21FN2S. The molecule has 0 saturated heterocycles. The van der Waals surface area contributed by atoms with Gasteiger partial charge in [-0.15, -0.1) is 11.3 Å². The van der Waals surface area contributed by atoms with E-state index in [0.717, 1.165) is 31.7 Å². The summed E-state index contributed by atoms with van der Waals surface area (Å²) >= 11 is 1.78. The second-order valence-corrected chi connectivity index (χ2v) is 6.25. The molecule has 20 heavy (non-hydrogen) atoms. The van der Waals surface area contributed by atoms with Crippen molar-refractivity contribution >= 4 is 11.3 Å². The van der Waals surface area contributed by atoms with Gasteiger partial charge in [-0.3, -0.25) is 4.90 Å². The molecule has 0 amide bonds. The van der Waals surface area contributed by atoms with Crippen LogP contribution in [0.4, 0.5) is 4.39 Å². The molecule has 0 aliphatic rings. The van der Waals surface area contributed by atoms with E-state index in [4.69, 9.17) is 0 Å². The molecule has 0 radical (unpaired) electrons. The van der Waals surface area contributed by atoms with Crippen molar-refractivity contribution in [2.24, 2.45) is 0 Å². The smallest absolute Gasteiger partial charge is 0.123 e. The second-order valence-electron chi connectivity index (χ2n) is 5.22. The minimum absolute atomic E-state index is 0.174. The molecule has 1 aromatic carbocycles. The predicted molar refractivity (Wildman–Crippen MR) is 83.4 cm³/mol. The first-order valence-electron chi connectivity index (χ1n) is 6.77. The van der Waals surface area contributed by atoms with Gasteiger partial charge in [-0.05, 0) is 43.2 Å². The van der Waals surface area contributed by atoms with Crippen LogP contribution in [0.1, 0.15) is 10.4 Å². The fourth-order valence-corrected chi connectivity index (χ4v) is 2.77. The molecule has 0 spiro atoms. The van der Waals surface area contributed by atoms with Gasteiger partial charge >= 0.3 is 0 Å². The van der Waals surface area contributed by atoms with Crippen LogP contribution in [-0.2, 0) is 13.1 Å². The Bertz CT molecular complexity index is 494. The van der Waals surface area contributed by atoms with Gasteiger partial charge in [0.1, 0.15) is 5.82 Å². The Balaban J connectivity index is 1.99. The summed E-state index contributed by atoms with van der Waals surface area (Å²) in [6, 6.07) is 11.0. The number of benzene rings is 1. The van der Waals surface area contributed by atoms with E-state index in [1.165, 1.54) is 17.0 Å². The summed E-state index contributed by atoms with van der Waals surface area (Å²) in [6.07, 6.45) is 0. The predicted octanol–water partition coefficient (Wildman–Crippen LogP) is 3.45. The van der Waals surface area contributed by atoms with Gasteiger partial charge in [0.15, 0.2) is 0 Å². The van der Waals surface area contributed by atoms with Crippen LogP contribution in [0.25, 0.3) is 0 Å². The summed E-state index contributed by atoms with van der Waals surface area (Å²) in [5.74, 6) is -0.174. The average molecular weight is 292 g/mol. The summed E-state index contributed by atoms with van der Waals surface area (Å²) in [4.78, 5) is 5.95. The zero-order valence-corrected chi connectivity index (χ0v) is 12.9.